The fraction of sp³-hybridized carbons (Fsp3) is 0.500. The van der Waals surface area contributed by atoms with Crippen LogP contribution in [0.25, 0.3) is 21.8 Å². The number of amides is 2. The van der Waals surface area contributed by atoms with Crippen LogP contribution in [0.5, 0.6) is 5.75 Å². The van der Waals surface area contributed by atoms with E-state index in [-0.39, 0.29) is 63.5 Å². The number of nitrogens with one attached hydrogen (secondary N) is 3. The summed E-state index contributed by atoms with van der Waals surface area (Å²) >= 11 is 6.57. The Balaban J connectivity index is 0.794. The molecule has 1 saturated carbocycles. The molecule has 2 aromatic carbocycles. The van der Waals surface area contributed by atoms with E-state index in [0.717, 1.165) is 31.6 Å². The van der Waals surface area contributed by atoms with Crippen molar-refractivity contribution in [3.63, 3.8) is 0 Å². The first-order chi connectivity index (χ1) is 30.6. The number of piperidine rings is 2. The largest absolute Gasteiger partial charge is 0.480 e. The van der Waals surface area contributed by atoms with E-state index in [1.54, 1.807) is 17.8 Å². The van der Waals surface area contributed by atoms with Crippen LogP contribution in [-0.2, 0) is 23.7 Å². The van der Waals surface area contributed by atoms with E-state index < -0.39 is 41.8 Å². The number of fused-ring (bicyclic) bond motifs is 4. The van der Waals surface area contributed by atoms with Crippen LogP contribution in [0.2, 0.25) is 5.02 Å². The molecule has 1 aliphatic carbocycles. The average Bonchev–Trinajstić information content (AvgIpc) is 4.07. The maximum atomic E-state index is 15.8. The molecule has 10 rings (SSSR count). The zero-order valence-electron chi connectivity index (χ0n) is 35.6. The van der Waals surface area contributed by atoms with Gasteiger partial charge in [-0.2, -0.15) is 10.1 Å². The number of halogens is 5. The molecule has 64 heavy (non-hydrogen) atoms. The number of rotatable bonds is 8. The van der Waals surface area contributed by atoms with Gasteiger partial charge in [0, 0.05) is 83.2 Å². The van der Waals surface area contributed by atoms with E-state index in [9.17, 15) is 14.4 Å². The second-order valence-electron chi connectivity index (χ2n) is 18.0. The molecular formula is C44H48ClF4N11O4. The first kappa shape index (κ1) is 42.3. The van der Waals surface area contributed by atoms with E-state index in [4.69, 9.17) is 21.3 Å². The van der Waals surface area contributed by atoms with E-state index >= 15 is 17.6 Å². The second-order valence-corrected chi connectivity index (χ2v) is 18.4. The third kappa shape index (κ3) is 7.62. The van der Waals surface area contributed by atoms with Crippen LogP contribution in [0.1, 0.15) is 50.6 Å². The van der Waals surface area contributed by atoms with Gasteiger partial charge < -0.3 is 29.7 Å². The molecule has 0 radical (unpaired) electrons. The van der Waals surface area contributed by atoms with Crippen molar-refractivity contribution in [2.45, 2.75) is 56.9 Å². The molecule has 3 N–H and O–H groups in total. The monoisotopic (exact) mass is 905 g/mol. The summed E-state index contributed by atoms with van der Waals surface area (Å²) in [4.78, 5) is 53.3. The van der Waals surface area contributed by atoms with E-state index in [1.807, 2.05) is 0 Å². The number of aryl methyl sites for hydroxylation is 2. The summed E-state index contributed by atoms with van der Waals surface area (Å²) in [5.41, 5.74) is 1.33. The topological polar surface area (TPSA) is 155 Å². The standard InChI is InChI=1S/C44H48ClF4N11O4/c1-22-19-60(9-8-24(22)20-58-10-12-59(13-11-58)34-17-33-26(14-30(34)47)36(55-57(33)3)25-6-7-35(61)52-41(25)62)43-50-18-28(45)40(54-43)51-31-15-27-32(16-29(31)46)56(2)42(63)38-37(27)53-39(23-4-5-23)44(48,49)21-64-38/h14-18,22-25,39,53H,4-13,19-21H2,1-3H3,(H,50,51,54)(H,52,61,62). The van der Waals surface area contributed by atoms with Crippen molar-refractivity contribution in [1.82, 2.24) is 34.5 Å². The third-order valence-corrected chi connectivity index (χ3v) is 14.0. The molecule has 5 aromatic rings. The smallest absolute Gasteiger partial charge is 0.301 e. The van der Waals surface area contributed by atoms with Gasteiger partial charge in [0.05, 0.1) is 51.9 Å². The Hall–Kier alpha value is -5.69. The Bertz CT molecular complexity index is 2770. The Morgan fingerprint density at radius 1 is 0.938 bits per heavy atom. The third-order valence-electron chi connectivity index (χ3n) is 13.8. The molecule has 20 heteroatoms. The summed E-state index contributed by atoms with van der Waals surface area (Å²) in [5.74, 6) is -4.90. The number of aromatic nitrogens is 5. The van der Waals surface area contributed by atoms with Crippen LogP contribution in [0.4, 0.5) is 46.4 Å². The van der Waals surface area contributed by atoms with Crippen molar-refractivity contribution in [1.29, 1.82) is 0 Å². The Morgan fingerprint density at radius 3 is 2.45 bits per heavy atom. The van der Waals surface area contributed by atoms with Crippen LogP contribution in [0.3, 0.4) is 0 Å². The van der Waals surface area contributed by atoms with Crippen LogP contribution >= 0.6 is 11.6 Å². The van der Waals surface area contributed by atoms with Crippen LogP contribution < -0.4 is 36.0 Å². The zero-order valence-corrected chi connectivity index (χ0v) is 36.3. The molecule has 3 saturated heterocycles. The Morgan fingerprint density at radius 2 is 1.72 bits per heavy atom. The highest BCUT2D eigenvalue weighted by molar-refractivity contribution is 6.33. The lowest BCUT2D eigenvalue weighted by Crippen LogP contribution is -2.50. The van der Waals surface area contributed by atoms with Gasteiger partial charge in [-0.05, 0) is 61.6 Å². The molecule has 15 nitrogen and oxygen atoms in total. The normalized spacial score (nSPS) is 24.0. The lowest BCUT2D eigenvalue weighted by atomic mass is 9.86. The maximum Gasteiger partial charge on any atom is 0.301 e. The lowest BCUT2D eigenvalue weighted by Gasteiger charge is -2.42. The number of benzene rings is 2. The van der Waals surface area contributed by atoms with Gasteiger partial charge >= 0.3 is 5.92 Å². The van der Waals surface area contributed by atoms with E-state index in [2.05, 4.69) is 47.7 Å². The number of ether oxygens (including phenoxy) is 1. The highest BCUT2D eigenvalue weighted by Crippen LogP contribution is 2.46. The fourth-order valence-corrected chi connectivity index (χ4v) is 10.1. The first-order valence-corrected chi connectivity index (χ1v) is 22.2. The number of nitrogens with zero attached hydrogens (tertiary/aromatic N) is 8. The van der Waals surface area contributed by atoms with Gasteiger partial charge in [-0.15, -0.1) is 0 Å². The molecule has 4 fully saturated rings. The average molecular weight is 906 g/mol. The number of carbonyl (C=O) groups is 2. The number of anilines is 5. The van der Waals surface area contributed by atoms with Crippen molar-refractivity contribution in [2.24, 2.45) is 31.8 Å². The summed E-state index contributed by atoms with van der Waals surface area (Å²) in [7, 11) is 3.22. The number of hydrogen-bond acceptors (Lipinski definition) is 12. The summed E-state index contributed by atoms with van der Waals surface area (Å²) in [6.45, 7) is 6.28. The first-order valence-electron chi connectivity index (χ1n) is 21.8. The van der Waals surface area contributed by atoms with Crippen molar-refractivity contribution in [3.8, 4) is 5.75 Å². The summed E-state index contributed by atoms with van der Waals surface area (Å²) in [6, 6.07) is 4.66. The number of alkyl halides is 2. The summed E-state index contributed by atoms with van der Waals surface area (Å²) in [6.07, 6.45) is 4.14. The van der Waals surface area contributed by atoms with Gasteiger partial charge in [-0.25, -0.2) is 22.5 Å². The van der Waals surface area contributed by atoms with Gasteiger partial charge in [0.25, 0.3) is 5.56 Å². The molecule has 338 valence electrons. The molecule has 0 spiro atoms. The summed E-state index contributed by atoms with van der Waals surface area (Å²) in [5, 5.41) is 13.9. The zero-order chi connectivity index (χ0) is 44.8. The summed E-state index contributed by atoms with van der Waals surface area (Å²) < 4.78 is 70.3. The van der Waals surface area contributed by atoms with Gasteiger partial charge in [0.1, 0.15) is 16.7 Å². The second kappa shape index (κ2) is 16.1. The minimum Gasteiger partial charge on any atom is -0.480 e. The molecule has 7 heterocycles. The van der Waals surface area contributed by atoms with Gasteiger partial charge in [-0.1, -0.05) is 18.5 Å². The molecule has 4 atom stereocenters. The number of hydrogen-bond donors (Lipinski definition) is 3. The van der Waals surface area contributed by atoms with Crippen molar-refractivity contribution < 1.29 is 31.9 Å². The quantitative estimate of drug-likeness (QED) is 0.125. The number of piperazine rings is 1. The number of carbonyl (C=O) groups excluding carboxylic acids is 2. The fourth-order valence-electron chi connectivity index (χ4n) is 9.94. The predicted octanol–water partition coefficient (Wildman–Crippen LogP) is 5.91. The van der Waals surface area contributed by atoms with Crippen LogP contribution in [0.15, 0.2) is 35.3 Å². The lowest BCUT2D eigenvalue weighted by molar-refractivity contribution is -0.134. The highest BCUT2D eigenvalue weighted by atomic mass is 35.5. The van der Waals surface area contributed by atoms with Crippen molar-refractivity contribution >= 4 is 74.0 Å². The van der Waals surface area contributed by atoms with Gasteiger partial charge in [0.15, 0.2) is 12.4 Å². The van der Waals surface area contributed by atoms with E-state index in [0.29, 0.717) is 79.5 Å². The van der Waals surface area contributed by atoms with Crippen molar-refractivity contribution in [3.05, 3.63) is 63.2 Å². The Labute approximate surface area is 370 Å². The molecule has 2 amide bonds. The molecule has 4 unspecified atom stereocenters. The van der Waals surface area contributed by atoms with Crippen LogP contribution in [-0.4, -0.2) is 105 Å². The Kier molecular flexibility index (Phi) is 10.6. The van der Waals surface area contributed by atoms with Gasteiger partial charge in [0.2, 0.25) is 23.5 Å². The SMILES string of the molecule is CC1CN(c2ncc(Cl)c(Nc3cc4c5c(c(=O)n(C)c4cc3F)OCC(F)(F)C(C3CC3)N5)n2)CCC1CN1CCN(c2cc3c(cc2F)c(C2CCC(=O)NC2=O)nn3C)CC1. The predicted molar refractivity (Wildman–Crippen MR) is 234 cm³/mol. The molecule has 4 aliphatic heterocycles. The minimum absolute atomic E-state index is 0.0213. The molecule has 3 aromatic heterocycles. The van der Waals surface area contributed by atoms with Crippen LogP contribution in [0, 0.1) is 29.4 Å². The molecular weight excluding hydrogens is 858 g/mol. The number of imide groups is 1. The van der Waals surface area contributed by atoms with Crippen molar-refractivity contribution in [2.75, 3.05) is 72.9 Å². The molecule has 0 bridgehead atoms. The number of pyridine rings is 1. The maximum absolute atomic E-state index is 15.8. The molecule has 5 aliphatic rings. The highest BCUT2D eigenvalue weighted by Gasteiger charge is 2.51. The minimum atomic E-state index is -3.22. The van der Waals surface area contributed by atoms with Gasteiger partial charge in [-0.3, -0.25) is 29.3 Å². The van der Waals surface area contributed by atoms with E-state index in [1.165, 1.54) is 36.0 Å².